The molecule has 8 heteroatoms. The number of nitrogens with zero attached hydrogens (tertiary/aromatic N) is 1. The molecule has 0 spiro atoms. The van der Waals surface area contributed by atoms with Crippen LogP contribution in [0.5, 0.6) is 0 Å². The Morgan fingerprint density at radius 1 is 1.00 bits per heavy atom. The van der Waals surface area contributed by atoms with Crippen molar-refractivity contribution < 1.29 is 14.4 Å². The van der Waals surface area contributed by atoms with E-state index in [1.165, 1.54) is 4.90 Å². The highest BCUT2D eigenvalue weighted by molar-refractivity contribution is 6.30. The smallest absolute Gasteiger partial charge is 0.319 e. The van der Waals surface area contributed by atoms with E-state index in [0.717, 1.165) is 16.7 Å². The second kappa shape index (κ2) is 11.3. The standard InChI is InChI=1S/C30H33ClN4O3/c1-19-13-14-26-24(15-19)23(20-9-6-5-7-10-20)17-25(28(37)35(26)18-27(36)34-30(2,3)4)33-29(38)32-22-12-8-11-21(31)16-22/h5-16,23,25H,17-18H2,1-4H3,(H,34,36)(H2,32,33,38)/t23-,25-/m1/s1. The molecule has 0 saturated carbocycles. The van der Waals surface area contributed by atoms with Crippen LogP contribution in [-0.4, -0.2) is 36.0 Å². The Kier molecular flexibility index (Phi) is 8.07. The van der Waals surface area contributed by atoms with Crippen LogP contribution in [0.15, 0.2) is 72.8 Å². The molecular weight excluding hydrogens is 500 g/mol. The Morgan fingerprint density at radius 2 is 1.74 bits per heavy atom. The van der Waals surface area contributed by atoms with Gasteiger partial charge in [-0.15, -0.1) is 0 Å². The number of halogens is 1. The Bertz CT molecular complexity index is 1340. The van der Waals surface area contributed by atoms with Gasteiger partial charge in [-0.05, 0) is 69.5 Å². The fraction of sp³-hybridized carbons (Fsp3) is 0.300. The Hall–Kier alpha value is -3.84. The maximum absolute atomic E-state index is 14.0. The molecule has 38 heavy (non-hydrogen) atoms. The molecule has 0 saturated heterocycles. The van der Waals surface area contributed by atoms with Crippen molar-refractivity contribution in [3.8, 4) is 0 Å². The van der Waals surface area contributed by atoms with Crippen LogP contribution < -0.4 is 20.9 Å². The normalized spacial score (nSPS) is 17.3. The van der Waals surface area contributed by atoms with Gasteiger partial charge in [-0.3, -0.25) is 9.59 Å². The minimum atomic E-state index is -0.880. The number of aryl methyl sites for hydroxylation is 1. The van der Waals surface area contributed by atoms with Crippen LogP contribution in [0.2, 0.25) is 5.02 Å². The first-order valence-corrected chi connectivity index (χ1v) is 13.0. The predicted octanol–water partition coefficient (Wildman–Crippen LogP) is 5.62. The van der Waals surface area contributed by atoms with Crippen LogP contribution in [0, 0.1) is 6.92 Å². The maximum Gasteiger partial charge on any atom is 0.319 e. The number of urea groups is 1. The molecule has 3 aromatic rings. The first kappa shape index (κ1) is 27.2. The van der Waals surface area contributed by atoms with E-state index in [2.05, 4.69) is 22.0 Å². The van der Waals surface area contributed by atoms with Crippen molar-refractivity contribution >= 4 is 40.8 Å². The lowest BCUT2D eigenvalue weighted by Crippen LogP contribution is -2.53. The molecule has 2 atom stereocenters. The van der Waals surface area contributed by atoms with E-state index in [-0.39, 0.29) is 24.3 Å². The second-order valence-corrected chi connectivity index (χ2v) is 11.1. The number of fused-ring (bicyclic) bond motifs is 1. The summed E-state index contributed by atoms with van der Waals surface area (Å²) in [7, 11) is 0. The molecule has 0 fully saturated rings. The summed E-state index contributed by atoms with van der Waals surface area (Å²) in [6.07, 6.45) is 0.333. The first-order valence-electron chi connectivity index (χ1n) is 12.6. The van der Waals surface area contributed by atoms with Crippen molar-refractivity contribution in [1.29, 1.82) is 0 Å². The van der Waals surface area contributed by atoms with Crippen molar-refractivity contribution in [3.63, 3.8) is 0 Å². The average Bonchev–Trinajstić information content (AvgIpc) is 2.94. The number of carbonyl (C=O) groups is 3. The molecule has 4 rings (SSSR count). The molecule has 0 bridgehead atoms. The number of carbonyl (C=O) groups excluding carboxylic acids is 3. The van der Waals surface area contributed by atoms with Crippen LogP contribution in [-0.2, 0) is 9.59 Å². The van der Waals surface area contributed by atoms with Crippen LogP contribution in [0.1, 0.15) is 49.8 Å². The van der Waals surface area contributed by atoms with E-state index in [1.54, 1.807) is 24.3 Å². The summed E-state index contributed by atoms with van der Waals surface area (Å²) in [5.74, 6) is -0.807. The van der Waals surface area contributed by atoms with Crippen LogP contribution in [0.25, 0.3) is 0 Å². The molecule has 1 heterocycles. The van der Waals surface area contributed by atoms with E-state index in [1.807, 2.05) is 70.2 Å². The van der Waals surface area contributed by atoms with Gasteiger partial charge in [0.1, 0.15) is 12.6 Å². The zero-order valence-electron chi connectivity index (χ0n) is 22.0. The van der Waals surface area contributed by atoms with E-state index < -0.39 is 17.6 Å². The fourth-order valence-electron chi connectivity index (χ4n) is 4.75. The second-order valence-electron chi connectivity index (χ2n) is 10.6. The third kappa shape index (κ3) is 6.72. The van der Waals surface area contributed by atoms with Gasteiger partial charge in [-0.1, -0.05) is 65.7 Å². The summed E-state index contributed by atoms with van der Waals surface area (Å²) in [6.45, 7) is 7.51. The number of hydrogen-bond donors (Lipinski definition) is 3. The molecular formula is C30H33ClN4O3. The highest BCUT2D eigenvalue weighted by Crippen LogP contribution is 2.39. The third-order valence-electron chi connectivity index (χ3n) is 6.29. The molecule has 3 N–H and O–H groups in total. The van der Waals surface area contributed by atoms with Crippen molar-refractivity contribution in [2.24, 2.45) is 0 Å². The number of rotatable bonds is 5. The summed E-state index contributed by atoms with van der Waals surface area (Å²) >= 11 is 6.06. The number of amides is 4. The van der Waals surface area contributed by atoms with Crippen molar-refractivity contribution in [1.82, 2.24) is 10.6 Å². The van der Waals surface area contributed by atoms with Gasteiger partial charge in [0.25, 0.3) is 0 Å². The molecule has 198 valence electrons. The molecule has 1 aliphatic rings. The molecule has 0 unspecified atom stereocenters. The van der Waals surface area contributed by atoms with Crippen molar-refractivity contribution in [3.05, 3.63) is 94.5 Å². The third-order valence-corrected chi connectivity index (χ3v) is 6.53. The van der Waals surface area contributed by atoms with Gasteiger partial charge in [0.05, 0.1) is 0 Å². The predicted molar refractivity (Wildman–Crippen MR) is 152 cm³/mol. The van der Waals surface area contributed by atoms with Gasteiger partial charge in [0.15, 0.2) is 0 Å². The van der Waals surface area contributed by atoms with E-state index in [0.29, 0.717) is 22.8 Å². The molecule has 0 aromatic heterocycles. The highest BCUT2D eigenvalue weighted by atomic mass is 35.5. The minimum Gasteiger partial charge on any atom is -0.350 e. The lowest BCUT2D eigenvalue weighted by molar-refractivity contribution is -0.125. The lowest BCUT2D eigenvalue weighted by Gasteiger charge is -2.28. The summed E-state index contributed by atoms with van der Waals surface area (Å²) < 4.78 is 0. The van der Waals surface area contributed by atoms with Gasteiger partial charge >= 0.3 is 6.03 Å². The van der Waals surface area contributed by atoms with Gasteiger partial charge < -0.3 is 20.9 Å². The molecule has 0 aliphatic carbocycles. The SMILES string of the molecule is Cc1ccc2c(c1)[C@@H](c1ccccc1)C[C@@H](NC(=O)Nc1cccc(Cl)c1)C(=O)N2CC(=O)NC(C)(C)C. The minimum absolute atomic E-state index is 0.165. The van der Waals surface area contributed by atoms with Crippen molar-refractivity contribution in [2.45, 2.75) is 51.6 Å². The number of hydrogen-bond acceptors (Lipinski definition) is 3. The van der Waals surface area contributed by atoms with Crippen LogP contribution >= 0.6 is 11.6 Å². The molecule has 3 aromatic carbocycles. The van der Waals surface area contributed by atoms with Gasteiger partial charge in [-0.25, -0.2) is 4.79 Å². The zero-order valence-corrected chi connectivity index (χ0v) is 22.8. The fourth-order valence-corrected chi connectivity index (χ4v) is 4.94. The quantitative estimate of drug-likeness (QED) is 0.398. The Balaban J connectivity index is 1.72. The topological polar surface area (TPSA) is 90.5 Å². The molecule has 4 amide bonds. The highest BCUT2D eigenvalue weighted by Gasteiger charge is 2.37. The Morgan fingerprint density at radius 3 is 2.42 bits per heavy atom. The number of nitrogens with one attached hydrogen (secondary N) is 3. The molecule has 7 nitrogen and oxygen atoms in total. The lowest BCUT2D eigenvalue weighted by atomic mass is 9.85. The zero-order chi connectivity index (χ0) is 27.4. The average molecular weight is 533 g/mol. The summed E-state index contributed by atoms with van der Waals surface area (Å²) in [4.78, 5) is 41.5. The van der Waals surface area contributed by atoms with E-state index in [9.17, 15) is 14.4 Å². The summed E-state index contributed by atoms with van der Waals surface area (Å²) in [6, 6.07) is 21.2. The molecule has 1 aliphatic heterocycles. The van der Waals surface area contributed by atoms with Crippen molar-refractivity contribution in [2.75, 3.05) is 16.8 Å². The summed E-state index contributed by atoms with van der Waals surface area (Å²) in [5, 5.41) is 9.05. The van der Waals surface area contributed by atoms with E-state index >= 15 is 0 Å². The largest absolute Gasteiger partial charge is 0.350 e. The molecule has 0 radical (unpaired) electrons. The first-order chi connectivity index (χ1) is 18.0. The maximum atomic E-state index is 14.0. The van der Waals surface area contributed by atoms with Gasteiger partial charge in [0, 0.05) is 27.9 Å². The van der Waals surface area contributed by atoms with Crippen LogP contribution in [0.3, 0.4) is 0 Å². The number of benzene rings is 3. The van der Waals surface area contributed by atoms with Gasteiger partial charge in [-0.2, -0.15) is 0 Å². The van der Waals surface area contributed by atoms with Crippen LogP contribution in [0.4, 0.5) is 16.2 Å². The monoisotopic (exact) mass is 532 g/mol. The summed E-state index contributed by atoms with van der Waals surface area (Å²) in [5.41, 5.74) is 3.72. The van der Waals surface area contributed by atoms with Gasteiger partial charge in [0.2, 0.25) is 11.8 Å². The Labute approximate surface area is 228 Å². The number of anilines is 2. The van der Waals surface area contributed by atoms with E-state index in [4.69, 9.17) is 11.6 Å².